The van der Waals surface area contributed by atoms with E-state index >= 15 is 0 Å². The van der Waals surface area contributed by atoms with E-state index in [2.05, 4.69) is 39.9 Å². The van der Waals surface area contributed by atoms with Gasteiger partial charge in [-0.1, -0.05) is 33.8 Å². The van der Waals surface area contributed by atoms with Gasteiger partial charge in [0.05, 0.1) is 7.11 Å². The summed E-state index contributed by atoms with van der Waals surface area (Å²) >= 11 is 0. The Labute approximate surface area is 122 Å². The molecule has 3 heteroatoms. The Morgan fingerprint density at radius 2 is 1.85 bits per heavy atom. The molecule has 2 rings (SSSR count). The summed E-state index contributed by atoms with van der Waals surface area (Å²) in [5.41, 5.74) is 1.95. The van der Waals surface area contributed by atoms with Crippen LogP contribution in [0.25, 0.3) is 0 Å². The Morgan fingerprint density at radius 3 is 2.35 bits per heavy atom. The normalized spacial score (nSPS) is 21.5. The number of nitrogens with one attached hydrogen (secondary N) is 1. The van der Waals surface area contributed by atoms with Crippen LogP contribution < -0.4 is 10.1 Å². The van der Waals surface area contributed by atoms with Gasteiger partial charge in [0.1, 0.15) is 0 Å². The average molecular weight is 277 g/mol. The van der Waals surface area contributed by atoms with E-state index in [-0.39, 0.29) is 11.8 Å². The number of rotatable bonds is 5. The van der Waals surface area contributed by atoms with E-state index in [1.807, 2.05) is 12.1 Å². The molecular weight excluding hydrogens is 250 g/mol. The van der Waals surface area contributed by atoms with Crippen molar-refractivity contribution in [2.45, 2.75) is 40.7 Å². The zero-order valence-electron chi connectivity index (χ0n) is 13.4. The van der Waals surface area contributed by atoms with Crippen molar-refractivity contribution >= 4 is 0 Å². The third-order valence-electron chi connectivity index (χ3n) is 5.65. The van der Waals surface area contributed by atoms with Crippen LogP contribution in [0.4, 0.5) is 0 Å². The second-order valence-corrected chi connectivity index (χ2v) is 7.06. The lowest BCUT2D eigenvalue weighted by Gasteiger charge is -2.16. The predicted octanol–water partition coefficient (Wildman–Crippen LogP) is 3.73. The van der Waals surface area contributed by atoms with Gasteiger partial charge in [-0.15, -0.1) is 0 Å². The molecule has 0 saturated heterocycles. The third-order valence-corrected chi connectivity index (χ3v) is 5.65. The van der Waals surface area contributed by atoms with Crippen molar-refractivity contribution < 1.29 is 9.84 Å². The topological polar surface area (TPSA) is 41.5 Å². The summed E-state index contributed by atoms with van der Waals surface area (Å²) in [4.78, 5) is 0. The van der Waals surface area contributed by atoms with Crippen molar-refractivity contribution in [3.63, 3.8) is 0 Å². The Kier molecular flexibility index (Phi) is 3.76. The fourth-order valence-electron chi connectivity index (χ4n) is 3.22. The van der Waals surface area contributed by atoms with E-state index < -0.39 is 0 Å². The molecule has 1 atom stereocenters. The first-order valence-electron chi connectivity index (χ1n) is 7.32. The number of hydrogen-bond donors (Lipinski definition) is 2. The molecule has 1 saturated carbocycles. The number of phenols is 1. The molecule has 2 N–H and O–H groups in total. The Morgan fingerprint density at radius 1 is 1.25 bits per heavy atom. The van der Waals surface area contributed by atoms with Crippen molar-refractivity contribution in [2.75, 3.05) is 13.7 Å². The molecule has 0 spiro atoms. The molecule has 112 valence electrons. The van der Waals surface area contributed by atoms with E-state index in [0.717, 1.165) is 12.1 Å². The van der Waals surface area contributed by atoms with Gasteiger partial charge in [0, 0.05) is 6.04 Å². The summed E-state index contributed by atoms with van der Waals surface area (Å²) in [5, 5.41) is 13.2. The summed E-state index contributed by atoms with van der Waals surface area (Å²) in [7, 11) is 1.58. The van der Waals surface area contributed by atoms with Gasteiger partial charge in [0.2, 0.25) is 0 Å². The highest BCUT2D eigenvalue weighted by molar-refractivity contribution is 5.42. The minimum Gasteiger partial charge on any atom is -0.504 e. The highest BCUT2D eigenvalue weighted by atomic mass is 16.5. The van der Waals surface area contributed by atoms with Crippen LogP contribution in [0.5, 0.6) is 11.5 Å². The maximum Gasteiger partial charge on any atom is 0.160 e. The molecule has 1 fully saturated rings. The van der Waals surface area contributed by atoms with Crippen LogP contribution in [-0.4, -0.2) is 18.8 Å². The summed E-state index contributed by atoms with van der Waals surface area (Å²) in [5.74, 6) is 1.42. The van der Waals surface area contributed by atoms with Crippen LogP contribution in [0.1, 0.15) is 46.2 Å². The number of phenolic OH excluding ortho intramolecular Hbond substituents is 1. The van der Waals surface area contributed by atoms with Crippen LogP contribution in [0, 0.1) is 16.7 Å². The lowest BCUT2D eigenvalue weighted by Crippen LogP contribution is -2.23. The van der Waals surface area contributed by atoms with Crippen molar-refractivity contribution in [3.8, 4) is 11.5 Å². The second kappa shape index (κ2) is 4.96. The standard InChI is InChI=1S/C17H27NO2/c1-11(12-7-8-13(19)14(9-12)20-6)18-10-15-16(2,3)17(15,4)5/h7-9,11,15,18-19H,10H2,1-6H3. The fraction of sp³-hybridized carbons (Fsp3) is 0.647. The molecule has 0 radical (unpaired) electrons. The van der Waals surface area contributed by atoms with Gasteiger partial charge in [-0.2, -0.15) is 0 Å². The number of methoxy groups -OCH3 is 1. The van der Waals surface area contributed by atoms with Gasteiger partial charge in [-0.25, -0.2) is 0 Å². The molecule has 0 bridgehead atoms. The summed E-state index contributed by atoms with van der Waals surface area (Å²) < 4.78 is 5.16. The summed E-state index contributed by atoms with van der Waals surface area (Å²) in [6.07, 6.45) is 0. The lowest BCUT2D eigenvalue weighted by molar-refractivity contribution is 0.372. The van der Waals surface area contributed by atoms with Gasteiger partial charge in [-0.3, -0.25) is 0 Å². The smallest absolute Gasteiger partial charge is 0.160 e. The number of aromatic hydroxyl groups is 1. The molecule has 20 heavy (non-hydrogen) atoms. The quantitative estimate of drug-likeness (QED) is 0.861. The number of hydrogen-bond acceptors (Lipinski definition) is 3. The van der Waals surface area contributed by atoms with Crippen LogP contribution in [-0.2, 0) is 0 Å². The van der Waals surface area contributed by atoms with Gasteiger partial charge in [0.15, 0.2) is 11.5 Å². The highest BCUT2D eigenvalue weighted by Crippen LogP contribution is 2.68. The van der Waals surface area contributed by atoms with Gasteiger partial charge in [-0.05, 0) is 47.9 Å². The minimum atomic E-state index is 0.188. The first-order valence-corrected chi connectivity index (χ1v) is 7.32. The molecular formula is C17H27NO2. The molecule has 1 unspecified atom stereocenters. The fourth-order valence-corrected chi connectivity index (χ4v) is 3.22. The Bertz CT molecular complexity index is 480. The van der Waals surface area contributed by atoms with E-state index in [0.29, 0.717) is 22.5 Å². The van der Waals surface area contributed by atoms with Crippen molar-refractivity contribution in [1.29, 1.82) is 0 Å². The Hall–Kier alpha value is -1.22. The van der Waals surface area contributed by atoms with Crippen molar-refractivity contribution in [2.24, 2.45) is 16.7 Å². The molecule has 0 amide bonds. The highest BCUT2D eigenvalue weighted by Gasteiger charge is 2.63. The maximum atomic E-state index is 9.64. The molecule has 1 aliphatic rings. The predicted molar refractivity (Wildman–Crippen MR) is 82.1 cm³/mol. The molecule has 1 aliphatic carbocycles. The molecule has 1 aromatic carbocycles. The van der Waals surface area contributed by atoms with Gasteiger partial charge in [0.25, 0.3) is 0 Å². The first-order chi connectivity index (χ1) is 9.21. The van der Waals surface area contributed by atoms with Gasteiger partial charge < -0.3 is 15.2 Å². The third kappa shape index (κ3) is 2.39. The number of benzene rings is 1. The van der Waals surface area contributed by atoms with E-state index in [1.54, 1.807) is 13.2 Å². The molecule has 0 aromatic heterocycles. The number of ether oxygens (including phenoxy) is 1. The molecule has 0 heterocycles. The largest absolute Gasteiger partial charge is 0.504 e. The second-order valence-electron chi connectivity index (χ2n) is 7.06. The van der Waals surface area contributed by atoms with Crippen LogP contribution in [0.15, 0.2) is 18.2 Å². The van der Waals surface area contributed by atoms with Crippen molar-refractivity contribution in [1.82, 2.24) is 5.32 Å². The van der Waals surface area contributed by atoms with Crippen LogP contribution in [0.3, 0.4) is 0 Å². The van der Waals surface area contributed by atoms with E-state index in [1.165, 1.54) is 0 Å². The Balaban J connectivity index is 1.98. The molecule has 0 aliphatic heterocycles. The van der Waals surface area contributed by atoms with Crippen LogP contribution in [0.2, 0.25) is 0 Å². The SMILES string of the molecule is COc1cc(C(C)NCC2C(C)(C)C2(C)C)ccc1O. The lowest BCUT2D eigenvalue weighted by atomic mass is 10.0. The van der Waals surface area contributed by atoms with Crippen LogP contribution >= 0.6 is 0 Å². The zero-order valence-corrected chi connectivity index (χ0v) is 13.4. The minimum absolute atomic E-state index is 0.188. The summed E-state index contributed by atoms with van der Waals surface area (Å²) in [6, 6.07) is 5.78. The van der Waals surface area contributed by atoms with Gasteiger partial charge >= 0.3 is 0 Å². The maximum absolute atomic E-state index is 9.64. The zero-order chi connectivity index (χ0) is 15.1. The van der Waals surface area contributed by atoms with E-state index in [9.17, 15) is 5.11 Å². The van der Waals surface area contributed by atoms with E-state index in [4.69, 9.17) is 4.74 Å². The summed E-state index contributed by atoms with van der Waals surface area (Å²) in [6.45, 7) is 12.5. The molecule has 3 nitrogen and oxygen atoms in total. The monoisotopic (exact) mass is 277 g/mol. The average Bonchev–Trinajstić information content (AvgIpc) is 2.77. The first kappa shape index (κ1) is 15.2. The van der Waals surface area contributed by atoms with Crippen molar-refractivity contribution in [3.05, 3.63) is 23.8 Å². The molecule has 1 aromatic rings.